The van der Waals surface area contributed by atoms with Gasteiger partial charge in [-0.2, -0.15) is 0 Å². The minimum Gasteiger partial charge on any atom is -0.334 e. The number of carbonyl (C=O) groups excluding carboxylic acids is 2. The average Bonchev–Trinajstić information content (AvgIpc) is 3.02. The van der Waals surface area contributed by atoms with Gasteiger partial charge < -0.3 is 14.7 Å². The summed E-state index contributed by atoms with van der Waals surface area (Å²) in [5.41, 5.74) is 0. The van der Waals surface area contributed by atoms with Crippen molar-refractivity contribution in [3.05, 3.63) is 22.4 Å². The van der Waals surface area contributed by atoms with Crippen molar-refractivity contribution < 1.29 is 9.59 Å². The number of rotatable bonds is 3. The molecule has 1 aliphatic heterocycles. The molecular formula is C14H21N3O2S. The Labute approximate surface area is 123 Å². The van der Waals surface area contributed by atoms with Gasteiger partial charge in [0.05, 0.1) is 4.88 Å². The van der Waals surface area contributed by atoms with Gasteiger partial charge in [0, 0.05) is 39.3 Å². The Hall–Kier alpha value is -1.56. The molecule has 1 saturated heterocycles. The monoisotopic (exact) mass is 295 g/mol. The average molecular weight is 295 g/mol. The topological polar surface area (TPSA) is 43.9 Å². The summed E-state index contributed by atoms with van der Waals surface area (Å²) in [6.45, 7) is 7.88. The summed E-state index contributed by atoms with van der Waals surface area (Å²) in [6, 6.07) is 3.82. The van der Waals surface area contributed by atoms with Crippen LogP contribution in [0.4, 0.5) is 4.79 Å². The van der Waals surface area contributed by atoms with Crippen molar-refractivity contribution in [2.24, 2.45) is 0 Å². The fourth-order valence-electron chi connectivity index (χ4n) is 2.35. The van der Waals surface area contributed by atoms with Crippen molar-refractivity contribution in [2.75, 3.05) is 39.3 Å². The number of urea groups is 1. The zero-order valence-corrected chi connectivity index (χ0v) is 12.9. The highest BCUT2D eigenvalue weighted by molar-refractivity contribution is 7.12. The molecule has 0 unspecified atom stereocenters. The van der Waals surface area contributed by atoms with E-state index in [-0.39, 0.29) is 11.9 Å². The molecule has 5 nitrogen and oxygen atoms in total. The van der Waals surface area contributed by atoms with E-state index in [4.69, 9.17) is 0 Å². The van der Waals surface area contributed by atoms with E-state index in [1.54, 1.807) is 0 Å². The van der Waals surface area contributed by atoms with Gasteiger partial charge in [0.15, 0.2) is 0 Å². The molecule has 2 rings (SSSR count). The lowest BCUT2D eigenvalue weighted by atomic mass is 10.3. The highest BCUT2D eigenvalue weighted by Gasteiger charge is 2.26. The van der Waals surface area contributed by atoms with Crippen LogP contribution in [0, 0.1) is 0 Å². The fraction of sp³-hybridized carbons (Fsp3) is 0.571. The Kier molecular flexibility index (Phi) is 5.00. The summed E-state index contributed by atoms with van der Waals surface area (Å²) in [5.74, 6) is 0.0786. The number of carbonyl (C=O) groups is 2. The molecule has 0 radical (unpaired) electrons. The number of piperazine rings is 1. The molecule has 0 spiro atoms. The molecule has 1 aliphatic rings. The SMILES string of the molecule is CCN(CC)C(=O)N1CCN(C(=O)c2cccs2)CC1. The van der Waals surface area contributed by atoms with Gasteiger partial charge >= 0.3 is 6.03 Å². The molecule has 0 saturated carbocycles. The van der Waals surface area contributed by atoms with E-state index in [2.05, 4.69) is 0 Å². The third-order valence-corrected chi connectivity index (χ3v) is 4.46. The smallest absolute Gasteiger partial charge is 0.320 e. The van der Waals surface area contributed by atoms with Gasteiger partial charge in [-0.05, 0) is 25.3 Å². The first-order valence-electron chi connectivity index (χ1n) is 7.04. The first kappa shape index (κ1) is 14.8. The number of amides is 3. The van der Waals surface area contributed by atoms with Crippen LogP contribution in [0.2, 0.25) is 0 Å². The van der Waals surface area contributed by atoms with E-state index >= 15 is 0 Å². The molecule has 0 aromatic carbocycles. The molecule has 1 fully saturated rings. The van der Waals surface area contributed by atoms with Crippen molar-refractivity contribution >= 4 is 23.3 Å². The highest BCUT2D eigenvalue weighted by atomic mass is 32.1. The summed E-state index contributed by atoms with van der Waals surface area (Å²) < 4.78 is 0. The van der Waals surface area contributed by atoms with Crippen LogP contribution < -0.4 is 0 Å². The van der Waals surface area contributed by atoms with Gasteiger partial charge in [-0.3, -0.25) is 4.79 Å². The molecule has 0 aliphatic carbocycles. The van der Waals surface area contributed by atoms with Crippen molar-refractivity contribution in [3.8, 4) is 0 Å². The Morgan fingerprint density at radius 3 is 2.25 bits per heavy atom. The van der Waals surface area contributed by atoms with Crippen molar-refractivity contribution in [2.45, 2.75) is 13.8 Å². The number of nitrogens with zero attached hydrogens (tertiary/aromatic N) is 3. The van der Waals surface area contributed by atoms with Crippen LogP contribution in [0.25, 0.3) is 0 Å². The summed E-state index contributed by atoms with van der Waals surface area (Å²) in [4.78, 5) is 30.7. The van der Waals surface area contributed by atoms with Crippen LogP contribution in [-0.2, 0) is 0 Å². The Bertz CT molecular complexity index is 449. The molecule has 0 bridgehead atoms. The van der Waals surface area contributed by atoms with Crippen LogP contribution in [-0.4, -0.2) is 65.9 Å². The van der Waals surface area contributed by atoms with Crippen molar-refractivity contribution in [3.63, 3.8) is 0 Å². The van der Waals surface area contributed by atoms with Gasteiger partial charge in [0.1, 0.15) is 0 Å². The van der Waals surface area contributed by atoms with Gasteiger partial charge in [-0.1, -0.05) is 6.07 Å². The van der Waals surface area contributed by atoms with Crippen LogP contribution >= 0.6 is 11.3 Å². The number of hydrogen-bond acceptors (Lipinski definition) is 3. The maximum Gasteiger partial charge on any atom is 0.320 e. The first-order valence-corrected chi connectivity index (χ1v) is 7.92. The lowest BCUT2D eigenvalue weighted by molar-refractivity contribution is 0.0646. The predicted molar refractivity (Wildman–Crippen MR) is 80.1 cm³/mol. The van der Waals surface area contributed by atoms with Crippen LogP contribution in [0.1, 0.15) is 23.5 Å². The molecular weight excluding hydrogens is 274 g/mol. The second-order valence-corrected chi connectivity index (χ2v) is 5.66. The Morgan fingerprint density at radius 2 is 1.75 bits per heavy atom. The quantitative estimate of drug-likeness (QED) is 0.855. The second kappa shape index (κ2) is 6.74. The molecule has 0 atom stereocenters. The van der Waals surface area contributed by atoms with Crippen LogP contribution in [0.5, 0.6) is 0 Å². The molecule has 3 amide bonds. The third kappa shape index (κ3) is 3.12. The Balaban J connectivity index is 1.89. The maximum atomic E-state index is 12.2. The molecule has 1 aromatic heterocycles. The van der Waals surface area contributed by atoms with Gasteiger partial charge in [0.25, 0.3) is 5.91 Å². The van der Waals surface area contributed by atoms with E-state index < -0.39 is 0 Å². The zero-order chi connectivity index (χ0) is 14.5. The molecule has 0 N–H and O–H groups in total. The number of thiophene rings is 1. The normalized spacial score (nSPS) is 15.3. The summed E-state index contributed by atoms with van der Waals surface area (Å²) >= 11 is 1.46. The van der Waals surface area contributed by atoms with E-state index in [0.29, 0.717) is 26.2 Å². The minimum absolute atomic E-state index is 0.0786. The van der Waals surface area contributed by atoms with E-state index in [1.165, 1.54) is 11.3 Å². The van der Waals surface area contributed by atoms with Gasteiger partial charge in [0.2, 0.25) is 0 Å². The summed E-state index contributed by atoms with van der Waals surface area (Å²) in [5, 5.41) is 1.91. The maximum absolute atomic E-state index is 12.2. The Morgan fingerprint density at radius 1 is 1.15 bits per heavy atom. The van der Waals surface area contributed by atoms with Crippen molar-refractivity contribution in [1.29, 1.82) is 0 Å². The molecule has 1 aromatic rings. The molecule has 20 heavy (non-hydrogen) atoms. The third-order valence-electron chi connectivity index (χ3n) is 3.60. The lowest BCUT2D eigenvalue weighted by Gasteiger charge is -2.37. The molecule has 110 valence electrons. The van der Waals surface area contributed by atoms with E-state index in [9.17, 15) is 9.59 Å². The second-order valence-electron chi connectivity index (χ2n) is 4.71. The van der Waals surface area contributed by atoms with Gasteiger partial charge in [-0.15, -0.1) is 11.3 Å². The highest BCUT2D eigenvalue weighted by Crippen LogP contribution is 2.14. The molecule has 2 heterocycles. The standard InChI is InChI=1S/C14H21N3O2S/c1-3-15(4-2)14(19)17-9-7-16(8-10-17)13(18)12-6-5-11-20-12/h5-6,11H,3-4,7-10H2,1-2H3. The van der Waals surface area contributed by atoms with E-state index in [0.717, 1.165) is 18.0 Å². The van der Waals surface area contributed by atoms with E-state index in [1.807, 2.05) is 46.1 Å². The minimum atomic E-state index is 0.0786. The van der Waals surface area contributed by atoms with Gasteiger partial charge in [-0.25, -0.2) is 4.79 Å². The zero-order valence-electron chi connectivity index (χ0n) is 12.0. The largest absolute Gasteiger partial charge is 0.334 e. The molecule has 6 heteroatoms. The predicted octanol–water partition coefficient (Wildman–Crippen LogP) is 1.97. The summed E-state index contributed by atoms with van der Waals surface area (Å²) in [7, 11) is 0. The number of hydrogen-bond donors (Lipinski definition) is 0. The lowest BCUT2D eigenvalue weighted by Crippen LogP contribution is -2.53. The van der Waals surface area contributed by atoms with Crippen molar-refractivity contribution in [1.82, 2.24) is 14.7 Å². The van der Waals surface area contributed by atoms with Crippen LogP contribution in [0.15, 0.2) is 17.5 Å². The first-order chi connectivity index (χ1) is 9.67. The fourth-order valence-corrected chi connectivity index (χ4v) is 3.04. The summed E-state index contributed by atoms with van der Waals surface area (Å²) in [6.07, 6.45) is 0. The van der Waals surface area contributed by atoms with Crippen LogP contribution in [0.3, 0.4) is 0 Å².